The van der Waals surface area contributed by atoms with Gasteiger partial charge in [0.25, 0.3) is 0 Å². The van der Waals surface area contributed by atoms with Crippen molar-refractivity contribution < 1.29 is 0 Å². The summed E-state index contributed by atoms with van der Waals surface area (Å²) in [5.41, 5.74) is 5.34. The van der Waals surface area contributed by atoms with Gasteiger partial charge in [0.15, 0.2) is 0 Å². The van der Waals surface area contributed by atoms with Crippen molar-refractivity contribution in [2.75, 3.05) is 13.1 Å². The van der Waals surface area contributed by atoms with Crippen LogP contribution in [0.2, 0.25) is 0 Å². The molecule has 0 amide bonds. The van der Waals surface area contributed by atoms with E-state index in [-0.39, 0.29) is 0 Å². The van der Waals surface area contributed by atoms with E-state index in [4.69, 9.17) is 5.73 Å². The molecule has 2 N–H and O–H groups in total. The van der Waals surface area contributed by atoms with Gasteiger partial charge in [0.1, 0.15) is 0 Å². The summed E-state index contributed by atoms with van der Waals surface area (Å²) in [5.74, 6) is 0. The predicted molar refractivity (Wildman–Crippen MR) is 52.8 cm³/mol. The minimum Gasteiger partial charge on any atom is -0.330 e. The number of hydrogen-bond donors (Lipinski definition) is 1. The zero-order valence-electron chi connectivity index (χ0n) is 8.08. The van der Waals surface area contributed by atoms with Gasteiger partial charge in [-0.2, -0.15) is 0 Å². The van der Waals surface area contributed by atoms with E-state index < -0.39 is 0 Å². The van der Waals surface area contributed by atoms with Gasteiger partial charge in [-0.15, -0.1) is 0 Å². The summed E-state index contributed by atoms with van der Waals surface area (Å²) in [6.07, 6.45) is 3.35. The van der Waals surface area contributed by atoms with E-state index in [0.29, 0.717) is 6.04 Å². The second-order valence-electron chi connectivity index (χ2n) is 3.05. The molecular formula is C9H19N3. The molecule has 0 unspecified atom stereocenters. The lowest BCUT2D eigenvalue weighted by molar-refractivity contribution is 0.696. The second kappa shape index (κ2) is 8.44. The average molecular weight is 169 g/mol. The van der Waals surface area contributed by atoms with Gasteiger partial charge in [-0.3, -0.25) is 0 Å². The minimum absolute atomic E-state index is 0.304. The van der Waals surface area contributed by atoms with Crippen LogP contribution < -0.4 is 5.73 Å². The molecule has 0 atom stereocenters. The van der Waals surface area contributed by atoms with Crippen LogP contribution in [0.25, 0.3) is 0 Å². The molecule has 0 aromatic carbocycles. The van der Waals surface area contributed by atoms with Crippen molar-refractivity contribution in [1.82, 2.24) is 0 Å². The van der Waals surface area contributed by atoms with Gasteiger partial charge in [0.2, 0.25) is 0 Å². The first kappa shape index (κ1) is 11.3. The number of rotatable bonds is 6. The maximum atomic E-state index is 5.34. The number of hydrogen-bond acceptors (Lipinski definition) is 3. The Hall–Kier alpha value is -0.660. The lowest BCUT2D eigenvalue weighted by Crippen LogP contribution is -1.98. The van der Waals surface area contributed by atoms with Crippen LogP contribution in [0.15, 0.2) is 9.98 Å². The predicted octanol–water partition coefficient (Wildman–Crippen LogP) is 1.70. The standard InChI is InChI=1S/C9H19N3/c1-9(2)12-8-11-7-5-3-4-6-10/h9H,3-7,10H2,1-2H3. The first-order valence-electron chi connectivity index (χ1n) is 4.58. The number of unbranched alkanes of at least 4 members (excludes halogenated alkanes) is 2. The van der Waals surface area contributed by atoms with Crippen molar-refractivity contribution >= 4 is 6.01 Å². The third-order valence-corrected chi connectivity index (χ3v) is 1.36. The average Bonchev–Trinajstić information content (AvgIpc) is 2.02. The summed E-state index contributed by atoms with van der Waals surface area (Å²) in [5, 5.41) is 0. The Morgan fingerprint density at radius 1 is 1.25 bits per heavy atom. The summed E-state index contributed by atoms with van der Waals surface area (Å²) in [6.45, 7) is 5.63. The molecule has 3 nitrogen and oxygen atoms in total. The van der Waals surface area contributed by atoms with E-state index in [9.17, 15) is 0 Å². The quantitative estimate of drug-likeness (QED) is 0.477. The molecule has 12 heavy (non-hydrogen) atoms. The molecule has 0 saturated carbocycles. The molecule has 0 radical (unpaired) electrons. The topological polar surface area (TPSA) is 50.7 Å². The Kier molecular flexibility index (Phi) is 7.97. The van der Waals surface area contributed by atoms with Gasteiger partial charge in [-0.25, -0.2) is 9.98 Å². The molecule has 0 aliphatic heterocycles. The molecule has 0 aromatic heterocycles. The van der Waals surface area contributed by atoms with E-state index in [1.54, 1.807) is 0 Å². The maximum Gasteiger partial charge on any atom is 0.0895 e. The SMILES string of the molecule is CC(C)N=C=NCCCCCN. The Balaban J connectivity index is 3.24. The highest BCUT2D eigenvalue weighted by Crippen LogP contribution is 1.92. The summed E-state index contributed by atoms with van der Waals surface area (Å²) in [7, 11) is 0. The van der Waals surface area contributed by atoms with E-state index in [1.807, 2.05) is 13.8 Å². The third-order valence-electron chi connectivity index (χ3n) is 1.36. The highest BCUT2D eigenvalue weighted by atomic mass is 14.8. The van der Waals surface area contributed by atoms with Crippen molar-refractivity contribution in [3.63, 3.8) is 0 Å². The van der Waals surface area contributed by atoms with E-state index >= 15 is 0 Å². The van der Waals surface area contributed by atoms with Crippen LogP contribution in [-0.4, -0.2) is 25.1 Å². The van der Waals surface area contributed by atoms with E-state index in [2.05, 4.69) is 16.0 Å². The molecular weight excluding hydrogens is 150 g/mol. The van der Waals surface area contributed by atoms with Gasteiger partial charge in [-0.05, 0) is 33.2 Å². The van der Waals surface area contributed by atoms with E-state index in [0.717, 1.165) is 32.4 Å². The van der Waals surface area contributed by atoms with Crippen LogP contribution in [0, 0.1) is 0 Å². The molecule has 0 bridgehead atoms. The maximum absolute atomic E-state index is 5.34. The number of nitrogens with two attached hydrogens (primary N) is 1. The number of nitrogens with zero attached hydrogens (tertiary/aromatic N) is 2. The Morgan fingerprint density at radius 2 is 2.00 bits per heavy atom. The van der Waals surface area contributed by atoms with Gasteiger partial charge in [0.05, 0.1) is 12.1 Å². The van der Waals surface area contributed by atoms with Gasteiger partial charge in [-0.1, -0.05) is 6.42 Å². The van der Waals surface area contributed by atoms with Crippen LogP contribution in [-0.2, 0) is 0 Å². The smallest absolute Gasteiger partial charge is 0.0895 e. The van der Waals surface area contributed by atoms with Crippen LogP contribution in [0.1, 0.15) is 33.1 Å². The van der Waals surface area contributed by atoms with Crippen molar-refractivity contribution in [2.24, 2.45) is 15.7 Å². The van der Waals surface area contributed by atoms with Crippen molar-refractivity contribution in [2.45, 2.75) is 39.2 Å². The first-order valence-corrected chi connectivity index (χ1v) is 4.58. The number of aliphatic imine (C=N–C) groups is 2. The minimum atomic E-state index is 0.304. The molecule has 0 spiro atoms. The van der Waals surface area contributed by atoms with Crippen LogP contribution in [0.4, 0.5) is 0 Å². The lowest BCUT2D eigenvalue weighted by atomic mass is 10.2. The molecule has 0 fully saturated rings. The molecule has 0 aliphatic carbocycles. The second-order valence-corrected chi connectivity index (χ2v) is 3.05. The Labute approximate surface area is 74.8 Å². The fourth-order valence-electron chi connectivity index (χ4n) is 0.718. The largest absolute Gasteiger partial charge is 0.330 e. The zero-order chi connectivity index (χ0) is 9.23. The molecule has 0 aliphatic rings. The van der Waals surface area contributed by atoms with Crippen LogP contribution in [0.5, 0.6) is 0 Å². The van der Waals surface area contributed by atoms with Gasteiger partial charge >= 0.3 is 0 Å². The molecule has 0 saturated heterocycles. The van der Waals surface area contributed by atoms with E-state index in [1.165, 1.54) is 0 Å². The molecule has 3 heteroatoms. The molecule has 0 heterocycles. The summed E-state index contributed by atoms with van der Waals surface area (Å²) in [4.78, 5) is 8.03. The van der Waals surface area contributed by atoms with Gasteiger partial charge in [0, 0.05) is 6.54 Å². The van der Waals surface area contributed by atoms with Crippen molar-refractivity contribution in [1.29, 1.82) is 0 Å². The first-order chi connectivity index (χ1) is 5.77. The normalized spacial score (nSPS) is 9.67. The van der Waals surface area contributed by atoms with Gasteiger partial charge < -0.3 is 5.73 Å². The van der Waals surface area contributed by atoms with Crippen molar-refractivity contribution in [3.05, 3.63) is 0 Å². The molecule has 70 valence electrons. The molecule has 0 rings (SSSR count). The summed E-state index contributed by atoms with van der Waals surface area (Å²) >= 11 is 0. The fraction of sp³-hybridized carbons (Fsp3) is 0.889. The fourth-order valence-corrected chi connectivity index (χ4v) is 0.718. The highest BCUT2D eigenvalue weighted by molar-refractivity contribution is 5.41. The summed E-state index contributed by atoms with van der Waals surface area (Å²) in [6, 6.07) is 2.98. The third kappa shape index (κ3) is 9.34. The monoisotopic (exact) mass is 169 g/mol. The lowest BCUT2D eigenvalue weighted by Gasteiger charge is -1.92. The Bertz CT molecular complexity index is 146. The zero-order valence-corrected chi connectivity index (χ0v) is 8.08. The Morgan fingerprint density at radius 3 is 2.58 bits per heavy atom. The van der Waals surface area contributed by atoms with Crippen LogP contribution >= 0.6 is 0 Å². The summed E-state index contributed by atoms with van der Waals surface area (Å²) < 4.78 is 0. The highest BCUT2D eigenvalue weighted by Gasteiger charge is 1.84. The van der Waals surface area contributed by atoms with Crippen LogP contribution in [0.3, 0.4) is 0 Å². The molecule has 0 aromatic rings. The van der Waals surface area contributed by atoms with Crippen molar-refractivity contribution in [3.8, 4) is 0 Å².